The Hall–Kier alpha value is -3.94. The van der Waals surface area contributed by atoms with Crippen LogP contribution in [-0.4, -0.2) is 63.5 Å². The lowest BCUT2D eigenvalue weighted by Crippen LogP contribution is -2.39. The fraction of sp³-hybridized carbons (Fsp3) is 0.424. The fourth-order valence-corrected chi connectivity index (χ4v) is 7.40. The van der Waals surface area contributed by atoms with E-state index < -0.39 is 23.6 Å². The molecule has 2 bridgehead atoms. The third-order valence-corrected chi connectivity index (χ3v) is 9.84. The molecule has 6 heterocycles. The molecule has 0 radical (unpaired) electrons. The Balaban J connectivity index is 0.995. The van der Waals surface area contributed by atoms with Crippen LogP contribution < -0.4 is 14.4 Å². The number of hydrogen-bond donors (Lipinski definition) is 1. The highest BCUT2D eigenvalue weighted by Gasteiger charge is 2.44. The van der Waals surface area contributed by atoms with Crippen molar-refractivity contribution in [1.82, 2.24) is 25.1 Å². The molecule has 9 nitrogen and oxygen atoms in total. The van der Waals surface area contributed by atoms with Gasteiger partial charge in [-0.3, -0.25) is 15.0 Å². The first-order chi connectivity index (χ1) is 22.5. The molecule has 47 heavy (non-hydrogen) atoms. The maximum Gasteiger partial charge on any atom is 0.451 e. The van der Waals surface area contributed by atoms with Crippen LogP contribution in [0.2, 0.25) is 5.02 Å². The van der Waals surface area contributed by atoms with E-state index in [9.17, 15) is 17.6 Å². The molecule has 0 unspecified atom stereocenters. The standard InChI is InChI=1S/C33H31ClF4N6O3/c1-32(24-6-5-20(34)12-25(24)35)46-28-4-2-3-23(29(28)47-32)18-7-9-43(10-8-18)16-26-27(44-15-22-13-21(44)17-45-22)11-19(14-39-26)30-40-31(42-41-30)33(36,37)38/h2-6,11-12,14,18,21-22H,7-10,13,15-17H2,1H3,(H,40,41,42)/t21-,22-,32-/m0/s1. The Labute approximate surface area is 272 Å². The number of morpholine rings is 1. The quantitative estimate of drug-likeness (QED) is 0.228. The van der Waals surface area contributed by atoms with Crippen molar-refractivity contribution in [2.24, 2.45) is 0 Å². The van der Waals surface area contributed by atoms with Gasteiger partial charge < -0.3 is 19.1 Å². The van der Waals surface area contributed by atoms with Gasteiger partial charge in [-0.1, -0.05) is 23.7 Å². The van der Waals surface area contributed by atoms with E-state index in [4.69, 9.17) is 30.8 Å². The van der Waals surface area contributed by atoms with Gasteiger partial charge in [-0.15, -0.1) is 0 Å². The van der Waals surface area contributed by atoms with Crippen molar-refractivity contribution in [3.05, 3.63) is 82.1 Å². The average Bonchev–Trinajstić information content (AvgIpc) is 3.85. The molecule has 14 heteroatoms. The number of benzene rings is 2. The van der Waals surface area contributed by atoms with Crippen LogP contribution in [0.5, 0.6) is 11.5 Å². The van der Waals surface area contributed by atoms with Gasteiger partial charge in [-0.25, -0.2) is 9.37 Å². The molecule has 0 amide bonds. The number of fused-ring (bicyclic) bond motifs is 3. The van der Waals surface area contributed by atoms with E-state index >= 15 is 0 Å². The molecule has 3 atom stereocenters. The summed E-state index contributed by atoms with van der Waals surface area (Å²) in [6.45, 7) is 5.19. The lowest BCUT2D eigenvalue weighted by atomic mass is 9.88. The van der Waals surface area contributed by atoms with Crippen molar-refractivity contribution >= 4 is 17.3 Å². The zero-order chi connectivity index (χ0) is 32.5. The molecule has 3 fully saturated rings. The van der Waals surface area contributed by atoms with Crippen LogP contribution in [0.4, 0.5) is 23.2 Å². The number of likely N-dealkylation sites (tertiary alicyclic amines) is 1. The topological polar surface area (TPSA) is 88.6 Å². The third kappa shape index (κ3) is 5.57. The van der Waals surface area contributed by atoms with Crippen LogP contribution in [0, 0.1) is 5.82 Å². The van der Waals surface area contributed by atoms with Gasteiger partial charge in [0.25, 0.3) is 5.79 Å². The van der Waals surface area contributed by atoms with Crippen LogP contribution >= 0.6 is 11.6 Å². The Morgan fingerprint density at radius 2 is 1.94 bits per heavy atom. The Morgan fingerprint density at radius 1 is 1.11 bits per heavy atom. The molecule has 2 aromatic heterocycles. The SMILES string of the molecule is C[C@]1(c2ccc(Cl)cc2F)Oc2cccc(C3CCN(Cc4ncc(-c5n[nH]c(C(F)(F)F)n5)cc4N4C[C@@H]5C[C@H]4CO5)CC3)c2O1. The second-order valence-electron chi connectivity index (χ2n) is 12.7. The van der Waals surface area contributed by atoms with E-state index in [1.807, 2.05) is 29.4 Å². The Kier molecular flexibility index (Phi) is 7.34. The number of hydrogen-bond acceptors (Lipinski definition) is 8. The van der Waals surface area contributed by atoms with Gasteiger partial charge >= 0.3 is 6.18 Å². The fourth-order valence-electron chi connectivity index (χ4n) is 7.24. The van der Waals surface area contributed by atoms with Gasteiger partial charge in [0.2, 0.25) is 5.82 Å². The van der Waals surface area contributed by atoms with Crippen molar-refractivity contribution in [2.45, 2.75) is 62.8 Å². The number of rotatable bonds is 6. The zero-order valence-electron chi connectivity index (χ0n) is 25.4. The van der Waals surface area contributed by atoms with Crippen LogP contribution in [0.25, 0.3) is 11.4 Å². The molecular formula is C33H31ClF4N6O3. The van der Waals surface area contributed by atoms with E-state index in [1.54, 1.807) is 25.3 Å². The van der Waals surface area contributed by atoms with E-state index in [2.05, 4.69) is 19.9 Å². The zero-order valence-corrected chi connectivity index (χ0v) is 26.1. The van der Waals surface area contributed by atoms with Gasteiger partial charge in [-0.2, -0.15) is 18.3 Å². The summed E-state index contributed by atoms with van der Waals surface area (Å²) in [4.78, 5) is 13.0. The molecule has 246 valence electrons. The van der Waals surface area contributed by atoms with Gasteiger partial charge in [0, 0.05) is 42.4 Å². The Morgan fingerprint density at radius 3 is 2.64 bits per heavy atom. The van der Waals surface area contributed by atoms with Crippen molar-refractivity contribution in [1.29, 1.82) is 0 Å². The highest BCUT2D eigenvalue weighted by atomic mass is 35.5. The number of H-pyrrole nitrogens is 1. The first-order valence-corrected chi connectivity index (χ1v) is 16.0. The van der Waals surface area contributed by atoms with Gasteiger partial charge in [0.1, 0.15) is 5.82 Å². The lowest BCUT2D eigenvalue weighted by Gasteiger charge is -2.35. The molecule has 0 saturated carbocycles. The second-order valence-corrected chi connectivity index (χ2v) is 13.1. The number of pyridine rings is 1. The predicted molar refractivity (Wildman–Crippen MR) is 164 cm³/mol. The van der Waals surface area contributed by atoms with Gasteiger partial charge in [0.15, 0.2) is 17.3 Å². The summed E-state index contributed by atoms with van der Waals surface area (Å²) < 4.78 is 72.8. The minimum Gasteiger partial charge on any atom is -0.444 e. The lowest BCUT2D eigenvalue weighted by molar-refractivity contribution is -0.144. The number of aromatic nitrogens is 4. The molecule has 2 aromatic carbocycles. The summed E-state index contributed by atoms with van der Waals surface area (Å²) >= 11 is 5.97. The number of alkyl halides is 3. The summed E-state index contributed by atoms with van der Waals surface area (Å²) in [6, 6.07) is 12.3. The van der Waals surface area contributed by atoms with Crippen molar-refractivity contribution in [3.8, 4) is 22.9 Å². The maximum absolute atomic E-state index is 14.9. The number of piperidine rings is 1. The smallest absolute Gasteiger partial charge is 0.444 e. The number of anilines is 1. The highest BCUT2D eigenvalue weighted by molar-refractivity contribution is 6.30. The van der Waals surface area contributed by atoms with E-state index in [0.29, 0.717) is 41.8 Å². The first kappa shape index (κ1) is 30.4. The molecule has 8 rings (SSSR count). The molecule has 0 aliphatic carbocycles. The number of nitrogens with zero attached hydrogens (tertiary/aromatic N) is 5. The Bertz CT molecular complexity index is 1830. The summed E-state index contributed by atoms with van der Waals surface area (Å²) in [5.41, 5.74) is 3.45. The normalized spacial score (nSPS) is 24.4. The average molecular weight is 671 g/mol. The van der Waals surface area contributed by atoms with Crippen LogP contribution in [-0.2, 0) is 23.2 Å². The monoisotopic (exact) mass is 670 g/mol. The summed E-state index contributed by atoms with van der Waals surface area (Å²) in [5, 5.41) is 6.11. The van der Waals surface area contributed by atoms with E-state index in [0.717, 1.165) is 49.3 Å². The summed E-state index contributed by atoms with van der Waals surface area (Å²) in [6.07, 6.45) is -0.316. The van der Waals surface area contributed by atoms with Crippen LogP contribution in [0.1, 0.15) is 54.7 Å². The summed E-state index contributed by atoms with van der Waals surface area (Å²) in [5.74, 6) is -1.58. The molecule has 4 aliphatic rings. The first-order valence-electron chi connectivity index (χ1n) is 15.6. The molecule has 4 aromatic rings. The van der Waals surface area contributed by atoms with E-state index in [1.165, 1.54) is 6.07 Å². The molecule has 1 N–H and O–H groups in total. The van der Waals surface area contributed by atoms with Crippen molar-refractivity contribution in [3.63, 3.8) is 0 Å². The second kappa shape index (κ2) is 11.3. The predicted octanol–water partition coefficient (Wildman–Crippen LogP) is 6.68. The van der Waals surface area contributed by atoms with Crippen LogP contribution in [0.3, 0.4) is 0 Å². The van der Waals surface area contributed by atoms with E-state index in [-0.39, 0.29) is 29.5 Å². The van der Waals surface area contributed by atoms with Gasteiger partial charge in [-0.05, 0) is 68.6 Å². The number of aromatic amines is 1. The minimum absolute atomic E-state index is 0.0458. The molecule has 3 saturated heterocycles. The number of halogens is 5. The molecule has 0 spiro atoms. The molecule has 4 aliphatic heterocycles. The maximum atomic E-state index is 14.9. The number of ether oxygens (including phenoxy) is 3. The third-order valence-electron chi connectivity index (χ3n) is 9.60. The number of para-hydroxylation sites is 1. The summed E-state index contributed by atoms with van der Waals surface area (Å²) in [7, 11) is 0. The van der Waals surface area contributed by atoms with Gasteiger partial charge in [0.05, 0.1) is 35.7 Å². The van der Waals surface area contributed by atoms with Crippen molar-refractivity contribution in [2.75, 3.05) is 31.1 Å². The van der Waals surface area contributed by atoms with Crippen LogP contribution in [0.15, 0.2) is 48.7 Å². The number of nitrogens with one attached hydrogen (secondary N) is 1. The highest BCUT2D eigenvalue weighted by Crippen LogP contribution is 2.50. The molecular weight excluding hydrogens is 640 g/mol. The largest absolute Gasteiger partial charge is 0.451 e. The van der Waals surface area contributed by atoms with Crippen molar-refractivity contribution < 1.29 is 31.8 Å². The minimum atomic E-state index is -4.62.